The van der Waals surface area contributed by atoms with Gasteiger partial charge in [0.1, 0.15) is 6.26 Å². The van der Waals surface area contributed by atoms with E-state index in [0.29, 0.717) is 11.5 Å². The van der Waals surface area contributed by atoms with Gasteiger partial charge in [0.15, 0.2) is 0 Å². The van der Waals surface area contributed by atoms with E-state index in [0.717, 1.165) is 19.3 Å². The van der Waals surface area contributed by atoms with Gasteiger partial charge in [-0.05, 0) is 24.8 Å². The normalized spacial score (nSPS) is 22.6. The van der Waals surface area contributed by atoms with Gasteiger partial charge >= 0.3 is 6.03 Å². The van der Waals surface area contributed by atoms with Crippen molar-refractivity contribution in [2.75, 3.05) is 0 Å². The molecule has 1 aliphatic rings. The molecule has 3 amide bonds. The van der Waals surface area contributed by atoms with E-state index in [4.69, 9.17) is 4.42 Å². The quantitative estimate of drug-likeness (QED) is 0.713. The molecule has 6 nitrogen and oxygen atoms in total. The number of amides is 3. The van der Waals surface area contributed by atoms with Crippen LogP contribution in [0.5, 0.6) is 0 Å². The average Bonchev–Trinajstić information content (AvgIpc) is 2.93. The summed E-state index contributed by atoms with van der Waals surface area (Å²) in [4.78, 5) is 23.2. The molecule has 0 saturated heterocycles. The van der Waals surface area contributed by atoms with Gasteiger partial charge in [-0.2, -0.15) is 0 Å². The number of urea groups is 1. The van der Waals surface area contributed by atoms with Gasteiger partial charge in [-0.15, -0.1) is 0 Å². The van der Waals surface area contributed by atoms with Crippen molar-refractivity contribution < 1.29 is 14.0 Å². The number of rotatable bonds is 2. The lowest BCUT2D eigenvalue weighted by Gasteiger charge is -2.29. The van der Waals surface area contributed by atoms with E-state index in [2.05, 4.69) is 23.1 Å². The predicted molar refractivity (Wildman–Crippen MR) is 69.3 cm³/mol. The molecule has 1 saturated carbocycles. The Morgan fingerprint density at radius 1 is 1.26 bits per heavy atom. The van der Waals surface area contributed by atoms with Crippen molar-refractivity contribution in [3.05, 3.63) is 24.2 Å². The lowest BCUT2D eigenvalue weighted by molar-refractivity contribution is 0.0934. The van der Waals surface area contributed by atoms with Gasteiger partial charge in [0.05, 0.1) is 11.8 Å². The van der Waals surface area contributed by atoms with Gasteiger partial charge in [-0.1, -0.05) is 19.8 Å². The van der Waals surface area contributed by atoms with E-state index in [9.17, 15) is 9.59 Å². The lowest BCUT2D eigenvalue weighted by Crippen LogP contribution is -2.51. The van der Waals surface area contributed by atoms with Crippen LogP contribution in [0.15, 0.2) is 23.0 Å². The standard InChI is InChI=1S/C13H19N3O3/c1-9-4-2-3-5-11(9)14-13(18)16-15-12(17)10-6-7-19-8-10/h6-9,11H,2-5H2,1H3,(H,15,17)(H2,14,16,18)/t9-,11-/m0/s1. The maximum atomic E-state index is 11.7. The van der Waals surface area contributed by atoms with E-state index >= 15 is 0 Å². The van der Waals surface area contributed by atoms with E-state index in [1.807, 2.05) is 0 Å². The Kier molecular flexibility index (Phi) is 4.43. The summed E-state index contributed by atoms with van der Waals surface area (Å²) in [5.41, 5.74) is 5.04. The van der Waals surface area contributed by atoms with Gasteiger partial charge in [0, 0.05) is 6.04 Å². The first kappa shape index (κ1) is 13.5. The second-order valence-corrected chi connectivity index (χ2v) is 4.93. The number of hydrazine groups is 1. The molecule has 2 rings (SSSR count). The van der Waals surface area contributed by atoms with Crippen molar-refractivity contribution in [2.24, 2.45) is 5.92 Å². The Morgan fingerprint density at radius 3 is 2.74 bits per heavy atom. The first-order valence-electron chi connectivity index (χ1n) is 6.56. The molecule has 0 aliphatic heterocycles. The molecule has 0 unspecified atom stereocenters. The van der Waals surface area contributed by atoms with Crippen LogP contribution < -0.4 is 16.2 Å². The van der Waals surface area contributed by atoms with Crippen LogP contribution in [0.3, 0.4) is 0 Å². The molecule has 1 heterocycles. The Balaban J connectivity index is 1.74. The molecule has 19 heavy (non-hydrogen) atoms. The highest BCUT2D eigenvalue weighted by molar-refractivity contribution is 5.94. The summed E-state index contributed by atoms with van der Waals surface area (Å²) in [7, 11) is 0. The highest BCUT2D eigenvalue weighted by Gasteiger charge is 2.22. The molecular weight excluding hydrogens is 246 g/mol. The molecule has 104 valence electrons. The molecule has 2 atom stereocenters. The molecule has 0 radical (unpaired) electrons. The zero-order valence-electron chi connectivity index (χ0n) is 10.9. The first-order chi connectivity index (χ1) is 9.16. The summed E-state index contributed by atoms with van der Waals surface area (Å²) in [6.07, 6.45) is 7.20. The van der Waals surface area contributed by atoms with Crippen molar-refractivity contribution in [3.63, 3.8) is 0 Å². The molecular formula is C13H19N3O3. The van der Waals surface area contributed by atoms with Gasteiger partial charge in [0.25, 0.3) is 5.91 Å². The predicted octanol–water partition coefficient (Wildman–Crippen LogP) is 1.80. The number of carbonyl (C=O) groups excluding carboxylic acids is 2. The van der Waals surface area contributed by atoms with E-state index in [1.54, 1.807) is 0 Å². The molecule has 0 aromatic carbocycles. The summed E-state index contributed by atoms with van der Waals surface area (Å²) in [6, 6.07) is 1.33. The molecule has 6 heteroatoms. The molecule has 0 bridgehead atoms. The van der Waals surface area contributed by atoms with E-state index in [1.165, 1.54) is 25.0 Å². The fourth-order valence-corrected chi connectivity index (χ4v) is 2.31. The third-order valence-corrected chi connectivity index (χ3v) is 3.50. The fraction of sp³-hybridized carbons (Fsp3) is 0.538. The van der Waals surface area contributed by atoms with E-state index in [-0.39, 0.29) is 12.1 Å². The smallest absolute Gasteiger partial charge is 0.333 e. The Bertz CT molecular complexity index is 430. The third-order valence-electron chi connectivity index (χ3n) is 3.50. The number of hydrogen-bond donors (Lipinski definition) is 3. The number of hydrogen-bond acceptors (Lipinski definition) is 3. The molecule has 1 aromatic rings. The summed E-state index contributed by atoms with van der Waals surface area (Å²) in [5, 5.41) is 2.88. The molecule has 0 spiro atoms. The minimum Gasteiger partial charge on any atom is -0.472 e. The Labute approximate surface area is 111 Å². The van der Waals surface area contributed by atoms with Crippen LogP contribution in [0.1, 0.15) is 43.0 Å². The fourth-order valence-electron chi connectivity index (χ4n) is 2.31. The number of furan rings is 1. The minimum atomic E-state index is -0.402. The Morgan fingerprint density at radius 2 is 2.05 bits per heavy atom. The SMILES string of the molecule is C[C@H]1CCCC[C@@H]1NC(=O)NNC(=O)c1ccoc1. The van der Waals surface area contributed by atoms with Crippen LogP contribution in [-0.2, 0) is 0 Å². The maximum absolute atomic E-state index is 11.7. The maximum Gasteiger partial charge on any atom is 0.333 e. The third kappa shape index (κ3) is 3.74. The topological polar surface area (TPSA) is 83.4 Å². The molecule has 1 fully saturated rings. The van der Waals surface area contributed by atoms with Crippen LogP contribution in [0.4, 0.5) is 4.79 Å². The minimum absolute atomic E-state index is 0.180. The zero-order chi connectivity index (χ0) is 13.7. The molecule has 3 N–H and O–H groups in total. The van der Waals surface area contributed by atoms with Crippen LogP contribution in [-0.4, -0.2) is 18.0 Å². The highest BCUT2D eigenvalue weighted by Crippen LogP contribution is 2.23. The highest BCUT2D eigenvalue weighted by atomic mass is 16.3. The number of carbonyl (C=O) groups is 2. The molecule has 1 aromatic heterocycles. The van der Waals surface area contributed by atoms with Crippen LogP contribution >= 0.6 is 0 Å². The van der Waals surface area contributed by atoms with Gasteiger partial charge < -0.3 is 9.73 Å². The largest absolute Gasteiger partial charge is 0.472 e. The molecule has 1 aliphatic carbocycles. The van der Waals surface area contributed by atoms with Crippen molar-refractivity contribution in [3.8, 4) is 0 Å². The summed E-state index contributed by atoms with van der Waals surface area (Å²) < 4.78 is 4.79. The first-order valence-corrected chi connectivity index (χ1v) is 6.56. The summed E-state index contributed by atoms with van der Waals surface area (Å²) >= 11 is 0. The van der Waals surface area contributed by atoms with Crippen LogP contribution in [0.2, 0.25) is 0 Å². The monoisotopic (exact) mass is 265 g/mol. The summed E-state index contributed by atoms with van der Waals surface area (Å²) in [5.74, 6) is 0.0738. The van der Waals surface area contributed by atoms with Crippen molar-refractivity contribution in [2.45, 2.75) is 38.6 Å². The van der Waals surface area contributed by atoms with Crippen molar-refractivity contribution in [1.29, 1.82) is 0 Å². The van der Waals surface area contributed by atoms with Gasteiger partial charge in [-0.3, -0.25) is 10.2 Å². The second kappa shape index (κ2) is 6.26. The average molecular weight is 265 g/mol. The second-order valence-electron chi connectivity index (χ2n) is 4.93. The van der Waals surface area contributed by atoms with Crippen LogP contribution in [0.25, 0.3) is 0 Å². The van der Waals surface area contributed by atoms with Crippen LogP contribution in [0, 0.1) is 5.92 Å². The van der Waals surface area contributed by atoms with Crippen molar-refractivity contribution >= 4 is 11.9 Å². The van der Waals surface area contributed by atoms with Gasteiger partial charge in [-0.25, -0.2) is 10.2 Å². The van der Waals surface area contributed by atoms with E-state index < -0.39 is 5.91 Å². The van der Waals surface area contributed by atoms with Crippen molar-refractivity contribution in [1.82, 2.24) is 16.2 Å². The number of nitrogens with one attached hydrogen (secondary N) is 3. The Hall–Kier alpha value is -1.98. The summed E-state index contributed by atoms with van der Waals surface area (Å²) in [6.45, 7) is 2.13. The lowest BCUT2D eigenvalue weighted by atomic mass is 9.86. The zero-order valence-corrected chi connectivity index (χ0v) is 10.9. The van der Waals surface area contributed by atoms with Gasteiger partial charge in [0.2, 0.25) is 0 Å².